The molecule has 0 aliphatic carbocycles. The van der Waals surface area contributed by atoms with Gasteiger partial charge in [0.1, 0.15) is 17.3 Å². The Balaban J connectivity index is 1.92. The van der Waals surface area contributed by atoms with Crippen molar-refractivity contribution in [3.63, 3.8) is 0 Å². The first-order chi connectivity index (χ1) is 10.1. The van der Waals surface area contributed by atoms with E-state index in [-0.39, 0.29) is 11.7 Å². The third-order valence-electron chi connectivity index (χ3n) is 3.11. The summed E-state index contributed by atoms with van der Waals surface area (Å²) in [4.78, 5) is 11.6. The quantitative estimate of drug-likeness (QED) is 0.879. The molecule has 0 fully saturated rings. The molecule has 0 spiro atoms. The van der Waals surface area contributed by atoms with E-state index >= 15 is 0 Å². The number of hydrogen-bond acceptors (Lipinski definition) is 2. The molecule has 0 saturated carbocycles. The summed E-state index contributed by atoms with van der Waals surface area (Å²) >= 11 is 0. The highest BCUT2D eigenvalue weighted by atomic mass is 19.1. The van der Waals surface area contributed by atoms with Gasteiger partial charge in [-0.1, -0.05) is 26.0 Å². The van der Waals surface area contributed by atoms with E-state index in [2.05, 4.69) is 5.32 Å². The van der Waals surface area contributed by atoms with E-state index in [1.807, 2.05) is 13.8 Å². The molecule has 1 amide bonds. The van der Waals surface area contributed by atoms with Crippen molar-refractivity contribution in [1.82, 2.24) is 5.32 Å². The first-order valence-corrected chi connectivity index (χ1v) is 7.16. The van der Waals surface area contributed by atoms with Crippen molar-refractivity contribution in [2.45, 2.75) is 26.7 Å². The van der Waals surface area contributed by atoms with Crippen LogP contribution in [0.25, 0.3) is 11.3 Å². The molecule has 1 aromatic heterocycles. The lowest BCUT2D eigenvalue weighted by Gasteiger charge is -2.06. The molecule has 1 N–H and O–H groups in total. The molecule has 21 heavy (non-hydrogen) atoms. The van der Waals surface area contributed by atoms with Crippen molar-refractivity contribution in [3.8, 4) is 11.3 Å². The van der Waals surface area contributed by atoms with Gasteiger partial charge < -0.3 is 9.73 Å². The van der Waals surface area contributed by atoms with Gasteiger partial charge in [0.05, 0.1) is 5.56 Å². The molecule has 0 atom stereocenters. The third-order valence-corrected chi connectivity index (χ3v) is 3.11. The number of carbonyl (C=O) groups excluding carboxylic acids is 1. The maximum Gasteiger partial charge on any atom is 0.220 e. The topological polar surface area (TPSA) is 42.2 Å². The predicted molar refractivity (Wildman–Crippen MR) is 80.3 cm³/mol. The van der Waals surface area contributed by atoms with Crippen LogP contribution in [0.4, 0.5) is 4.39 Å². The zero-order valence-corrected chi connectivity index (χ0v) is 12.4. The lowest BCUT2D eigenvalue weighted by molar-refractivity contribution is -0.121. The third kappa shape index (κ3) is 4.45. The molecule has 0 aliphatic rings. The molecule has 3 nitrogen and oxygen atoms in total. The van der Waals surface area contributed by atoms with Crippen molar-refractivity contribution < 1.29 is 13.6 Å². The highest BCUT2D eigenvalue weighted by Crippen LogP contribution is 2.25. The second kappa shape index (κ2) is 7.07. The molecule has 1 heterocycles. The smallest absolute Gasteiger partial charge is 0.220 e. The summed E-state index contributed by atoms with van der Waals surface area (Å²) in [5, 5.41) is 2.86. The Morgan fingerprint density at radius 1 is 1.24 bits per heavy atom. The molecule has 0 saturated heterocycles. The Bertz CT molecular complexity index is 604. The van der Waals surface area contributed by atoms with Gasteiger partial charge >= 0.3 is 0 Å². The second-order valence-corrected chi connectivity index (χ2v) is 5.44. The van der Waals surface area contributed by atoms with Gasteiger partial charge in [0, 0.05) is 19.4 Å². The van der Waals surface area contributed by atoms with Crippen LogP contribution >= 0.6 is 0 Å². The first kappa shape index (κ1) is 15.3. The maximum atomic E-state index is 13.7. The van der Waals surface area contributed by atoms with Crippen LogP contribution in [-0.2, 0) is 11.2 Å². The van der Waals surface area contributed by atoms with Crippen LogP contribution in [0.2, 0.25) is 0 Å². The van der Waals surface area contributed by atoms with Crippen molar-refractivity contribution in [2.24, 2.45) is 5.92 Å². The van der Waals surface area contributed by atoms with Gasteiger partial charge in [0.2, 0.25) is 5.91 Å². The summed E-state index contributed by atoms with van der Waals surface area (Å²) in [6.07, 6.45) is 0.884. The van der Waals surface area contributed by atoms with E-state index < -0.39 is 0 Å². The van der Waals surface area contributed by atoms with Gasteiger partial charge in [-0.2, -0.15) is 0 Å². The highest BCUT2D eigenvalue weighted by Gasteiger charge is 2.10. The minimum absolute atomic E-state index is 0.00698. The van der Waals surface area contributed by atoms with E-state index in [1.165, 1.54) is 6.07 Å². The van der Waals surface area contributed by atoms with Gasteiger partial charge in [-0.05, 0) is 30.2 Å². The van der Waals surface area contributed by atoms with Crippen LogP contribution in [0.15, 0.2) is 40.8 Å². The SMILES string of the molecule is CC(C)CNC(=O)CCc1ccc(-c2ccccc2F)o1. The van der Waals surface area contributed by atoms with Crippen molar-refractivity contribution in [3.05, 3.63) is 48.0 Å². The summed E-state index contributed by atoms with van der Waals surface area (Å²) in [7, 11) is 0. The largest absolute Gasteiger partial charge is 0.461 e. The molecule has 1 aromatic carbocycles. The van der Waals surface area contributed by atoms with E-state index in [0.29, 0.717) is 42.4 Å². The number of amides is 1. The van der Waals surface area contributed by atoms with Crippen LogP contribution < -0.4 is 5.32 Å². The zero-order valence-electron chi connectivity index (χ0n) is 12.4. The van der Waals surface area contributed by atoms with Gasteiger partial charge in [0.25, 0.3) is 0 Å². The van der Waals surface area contributed by atoms with E-state index in [1.54, 1.807) is 30.3 Å². The molecule has 2 rings (SSSR count). The van der Waals surface area contributed by atoms with Gasteiger partial charge in [0.15, 0.2) is 0 Å². The number of nitrogens with one attached hydrogen (secondary N) is 1. The monoisotopic (exact) mass is 289 g/mol. The number of furan rings is 1. The molecular weight excluding hydrogens is 269 g/mol. The summed E-state index contributed by atoms with van der Waals surface area (Å²) in [6.45, 7) is 4.78. The molecule has 0 unspecified atom stereocenters. The molecular formula is C17H20FNO2. The average Bonchev–Trinajstić information content (AvgIpc) is 2.92. The normalized spacial score (nSPS) is 10.9. The molecule has 0 aliphatic heterocycles. The first-order valence-electron chi connectivity index (χ1n) is 7.16. The minimum atomic E-state index is -0.312. The van der Waals surface area contributed by atoms with Crippen LogP contribution in [-0.4, -0.2) is 12.5 Å². The average molecular weight is 289 g/mol. The molecule has 0 radical (unpaired) electrons. The fourth-order valence-electron chi connectivity index (χ4n) is 1.96. The van der Waals surface area contributed by atoms with E-state index in [4.69, 9.17) is 4.42 Å². The Hall–Kier alpha value is -2.10. The number of halogens is 1. The zero-order chi connectivity index (χ0) is 15.2. The summed E-state index contributed by atoms with van der Waals surface area (Å²) in [5.74, 6) is 1.31. The van der Waals surface area contributed by atoms with Crippen LogP contribution in [0.1, 0.15) is 26.0 Å². The lowest BCUT2D eigenvalue weighted by atomic mass is 10.1. The van der Waals surface area contributed by atoms with E-state index in [0.717, 1.165) is 0 Å². The van der Waals surface area contributed by atoms with Crippen molar-refractivity contribution in [2.75, 3.05) is 6.54 Å². The Morgan fingerprint density at radius 2 is 2.00 bits per heavy atom. The molecule has 0 bridgehead atoms. The van der Waals surface area contributed by atoms with Crippen LogP contribution in [0, 0.1) is 11.7 Å². The van der Waals surface area contributed by atoms with Crippen LogP contribution in [0.5, 0.6) is 0 Å². The maximum absolute atomic E-state index is 13.7. The van der Waals surface area contributed by atoms with Crippen molar-refractivity contribution in [1.29, 1.82) is 0 Å². The number of rotatable bonds is 6. The molecule has 112 valence electrons. The van der Waals surface area contributed by atoms with Crippen molar-refractivity contribution >= 4 is 5.91 Å². The van der Waals surface area contributed by atoms with Gasteiger partial charge in [-0.15, -0.1) is 0 Å². The number of hydrogen-bond donors (Lipinski definition) is 1. The number of carbonyl (C=O) groups is 1. The van der Waals surface area contributed by atoms with Gasteiger partial charge in [-0.3, -0.25) is 4.79 Å². The minimum Gasteiger partial charge on any atom is -0.461 e. The van der Waals surface area contributed by atoms with Crippen LogP contribution in [0.3, 0.4) is 0 Å². The molecule has 4 heteroatoms. The predicted octanol–water partition coefficient (Wildman–Crippen LogP) is 3.79. The van der Waals surface area contributed by atoms with Gasteiger partial charge in [-0.25, -0.2) is 4.39 Å². The lowest BCUT2D eigenvalue weighted by Crippen LogP contribution is -2.27. The standard InChI is InChI=1S/C17H20FNO2/c1-12(2)11-19-17(20)10-8-13-7-9-16(21-13)14-5-3-4-6-15(14)18/h3-7,9,12H,8,10-11H2,1-2H3,(H,19,20). The fourth-order valence-corrected chi connectivity index (χ4v) is 1.96. The molecule has 2 aromatic rings. The second-order valence-electron chi connectivity index (χ2n) is 5.44. The Kier molecular flexibility index (Phi) is 5.14. The summed E-state index contributed by atoms with van der Waals surface area (Å²) in [5.41, 5.74) is 0.438. The summed E-state index contributed by atoms with van der Waals surface area (Å²) < 4.78 is 19.3. The summed E-state index contributed by atoms with van der Waals surface area (Å²) in [6, 6.07) is 10.0. The van der Waals surface area contributed by atoms with E-state index in [9.17, 15) is 9.18 Å². The highest BCUT2D eigenvalue weighted by molar-refractivity contribution is 5.76. The number of aryl methyl sites for hydroxylation is 1. The number of benzene rings is 1. The Labute approximate surface area is 124 Å². The fraction of sp³-hybridized carbons (Fsp3) is 0.353. The Morgan fingerprint density at radius 3 is 2.71 bits per heavy atom.